The first kappa shape index (κ1) is 10.3. The molecule has 1 aliphatic rings. The molecule has 5 heteroatoms. The second-order valence-corrected chi connectivity index (χ2v) is 4.39. The van der Waals surface area contributed by atoms with Gasteiger partial charge in [-0.15, -0.1) is 0 Å². The van der Waals surface area contributed by atoms with Crippen LogP contribution >= 0.6 is 12.2 Å². The quantitative estimate of drug-likeness (QED) is 0.769. The van der Waals surface area contributed by atoms with Crippen molar-refractivity contribution in [1.82, 2.24) is 9.97 Å². The number of anilines is 1. The minimum atomic E-state index is 0.291. The highest BCUT2D eigenvalue weighted by molar-refractivity contribution is 7.80. The Labute approximate surface area is 94.5 Å². The summed E-state index contributed by atoms with van der Waals surface area (Å²) in [6.07, 6.45) is 6.02. The molecule has 1 aromatic heterocycles. The van der Waals surface area contributed by atoms with Crippen molar-refractivity contribution in [2.24, 2.45) is 11.7 Å². The topological polar surface area (TPSA) is 55.0 Å². The molecule has 1 fully saturated rings. The van der Waals surface area contributed by atoms with Crippen LogP contribution in [0, 0.1) is 5.92 Å². The second kappa shape index (κ2) is 4.10. The normalized spacial score (nSPS) is 15.0. The Hall–Kier alpha value is -1.23. The van der Waals surface area contributed by atoms with Crippen LogP contribution in [0.15, 0.2) is 12.4 Å². The first-order valence-corrected chi connectivity index (χ1v) is 5.40. The lowest BCUT2D eigenvalue weighted by atomic mass is 10.4. The Morgan fingerprint density at radius 1 is 1.53 bits per heavy atom. The van der Waals surface area contributed by atoms with Crippen LogP contribution in [0.3, 0.4) is 0 Å². The number of hydrogen-bond acceptors (Lipinski definition) is 4. The maximum Gasteiger partial charge on any atom is 0.146 e. The largest absolute Gasteiger partial charge is 0.388 e. The second-order valence-electron chi connectivity index (χ2n) is 3.95. The van der Waals surface area contributed by atoms with E-state index in [2.05, 4.69) is 14.9 Å². The number of rotatable bonds is 4. The average molecular weight is 222 g/mol. The Morgan fingerprint density at radius 3 is 2.73 bits per heavy atom. The summed E-state index contributed by atoms with van der Waals surface area (Å²) in [4.78, 5) is 10.8. The Bertz CT molecular complexity index is 358. The van der Waals surface area contributed by atoms with Crippen molar-refractivity contribution in [1.29, 1.82) is 0 Å². The molecule has 0 amide bonds. The summed E-state index contributed by atoms with van der Waals surface area (Å²) in [5.74, 6) is 1.72. The standard InChI is InChI=1S/C10H14N4S/c1-14(6-7-2-3-7)9-5-12-8(4-13-9)10(11)15/h4-5,7H,2-3,6H2,1H3,(H2,11,15). The molecule has 0 spiro atoms. The summed E-state index contributed by atoms with van der Waals surface area (Å²) >= 11 is 4.81. The van der Waals surface area contributed by atoms with Gasteiger partial charge in [0.05, 0.1) is 12.4 Å². The molecule has 1 heterocycles. The van der Waals surface area contributed by atoms with Crippen LogP contribution in [0.25, 0.3) is 0 Å². The molecule has 1 aliphatic carbocycles. The molecule has 0 unspecified atom stereocenters. The molecule has 0 bridgehead atoms. The molecule has 2 N–H and O–H groups in total. The monoisotopic (exact) mass is 222 g/mol. The van der Waals surface area contributed by atoms with Gasteiger partial charge in [-0.25, -0.2) is 9.97 Å². The summed E-state index contributed by atoms with van der Waals surface area (Å²) < 4.78 is 0. The van der Waals surface area contributed by atoms with Gasteiger partial charge in [0.1, 0.15) is 16.5 Å². The maximum atomic E-state index is 5.45. The third-order valence-corrected chi connectivity index (χ3v) is 2.72. The summed E-state index contributed by atoms with van der Waals surface area (Å²) in [7, 11) is 2.03. The first-order valence-electron chi connectivity index (χ1n) is 5.00. The van der Waals surface area contributed by atoms with Gasteiger partial charge < -0.3 is 10.6 Å². The summed E-state index contributed by atoms with van der Waals surface area (Å²) in [6.45, 7) is 1.06. The third kappa shape index (κ3) is 2.62. The third-order valence-electron chi connectivity index (χ3n) is 2.51. The van der Waals surface area contributed by atoms with Crippen molar-refractivity contribution in [3.8, 4) is 0 Å². The van der Waals surface area contributed by atoms with Crippen LogP contribution in [-0.4, -0.2) is 28.5 Å². The van der Waals surface area contributed by atoms with Gasteiger partial charge in [0.2, 0.25) is 0 Å². The zero-order valence-electron chi connectivity index (χ0n) is 8.68. The zero-order chi connectivity index (χ0) is 10.8. The minimum absolute atomic E-state index is 0.291. The molecule has 0 radical (unpaired) electrons. The summed E-state index contributed by atoms with van der Waals surface area (Å²) in [6, 6.07) is 0. The molecule has 2 rings (SSSR count). The van der Waals surface area contributed by atoms with E-state index in [9.17, 15) is 0 Å². The van der Waals surface area contributed by atoms with E-state index in [4.69, 9.17) is 18.0 Å². The molecule has 0 atom stereocenters. The number of thiocarbonyl (C=S) groups is 1. The van der Waals surface area contributed by atoms with Gasteiger partial charge in [0, 0.05) is 13.6 Å². The fourth-order valence-corrected chi connectivity index (χ4v) is 1.53. The predicted molar refractivity (Wildman–Crippen MR) is 63.9 cm³/mol. The molecule has 0 aliphatic heterocycles. The summed E-state index contributed by atoms with van der Waals surface area (Å²) in [5, 5.41) is 0. The highest BCUT2D eigenvalue weighted by Gasteiger charge is 2.23. The Morgan fingerprint density at radius 2 is 2.27 bits per heavy atom. The molecule has 15 heavy (non-hydrogen) atoms. The number of nitrogens with two attached hydrogens (primary N) is 1. The molecule has 1 aromatic rings. The van der Waals surface area contributed by atoms with Gasteiger partial charge in [-0.3, -0.25) is 0 Å². The van der Waals surface area contributed by atoms with Crippen LogP contribution in [0.4, 0.5) is 5.82 Å². The van der Waals surface area contributed by atoms with Crippen LogP contribution < -0.4 is 10.6 Å². The Balaban J connectivity index is 2.04. The molecule has 1 saturated carbocycles. The van der Waals surface area contributed by atoms with Crippen molar-refractivity contribution in [3.63, 3.8) is 0 Å². The molecular formula is C10H14N4S. The van der Waals surface area contributed by atoms with Gasteiger partial charge in [-0.1, -0.05) is 12.2 Å². The van der Waals surface area contributed by atoms with E-state index in [0.29, 0.717) is 10.7 Å². The Kier molecular flexibility index (Phi) is 2.81. The van der Waals surface area contributed by atoms with E-state index in [1.807, 2.05) is 7.05 Å². The van der Waals surface area contributed by atoms with Crippen molar-refractivity contribution in [2.75, 3.05) is 18.5 Å². The lowest BCUT2D eigenvalue weighted by Gasteiger charge is -2.17. The molecule has 0 saturated heterocycles. The maximum absolute atomic E-state index is 5.45. The minimum Gasteiger partial charge on any atom is -0.388 e. The number of aromatic nitrogens is 2. The van der Waals surface area contributed by atoms with Crippen molar-refractivity contribution in [3.05, 3.63) is 18.1 Å². The first-order chi connectivity index (χ1) is 7.16. The highest BCUT2D eigenvalue weighted by Crippen LogP contribution is 2.30. The van der Waals surface area contributed by atoms with Gasteiger partial charge in [-0.05, 0) is 18.8 Å². The van der Waals surface area contributed by atoms with Gasteiger partial charge in [0.15, 0.2) is 0 Å². The molecule has 80 valence electrons. The van der Waals surface area contributed by atoms with Gasteiger partial charge in [0.25, 0.3) is 0 Å². The van der Waals surface area contributed by atoms with Gasteiger partial charge >= 0.3 is 0 Å². The van der Waals surface area contributed by atoms with Crippen LogP contribution in [0.2, 0.25) is 0 Å². The number of nitrogens with zero attached hydrogens (tertiary/aromatic N) is 3. The van der Waals surface area contributed by atoms with Gasteiger partial charge in [-0.2, -0.15) is 0 Å². The lowest BCUT2D eigenvalue weighted by Crippen LogP contribution is -2.22. The molecule has 4 nitrogen and oxygen atoms in total. The van der Waals surface area contributed by atoms with Crippen LogP contribution in [0.1, 0.15) is 18.5 Å². The van der Waals surface area contributed by atoms with Crippen LogP contribution in [-0.2, 0) is 0 Å². The van der Waals surface area contributed by atoms with E-state index >= 15 is 0 Å². The predicted octanol–water partition coefficient (Wildman–Crippen LogP) is 0.957. The van der Waals surface area contributed by atoms with E-state index in [-0.39, 0.29) is 0 Å². The van der Waals surface area contributed by atoms with Crippen LogP contribution in [0.5, 0.6) is 0 Å². The van der Waals surface area contributed by atoms with E-state index in [1.165, 1.54) is 12.8 Å². The van der Waals surface area contributed by atoms with E-state index in [0.717, 1.165) is 18.3 Å². The fraction of sp³-hybridized carbons (Fsp3) is 0.500. The van der Waals surface area contributed by atoms with Crippen molar-refractivity contribution in [2.45, 2.75) is 12.8 Å². The molecular weight excluding hydrogens is 208 g/mol. The summed E-state index contributed by atoms with van der Waals surface area (Å²) in [5.41, 5.74) is 6.02. The fourth-order valence-electron chi connectivity index (χ4n) is 1.43. The average Bonchev–Trinajstić information content (AvgIpc) is 3.02. The SMILES string of the molecule is CN(CC1CC1)c1cnc(C(N)=S)cn1. The van der Waals surface area contributed by atoms with Crippen molar-refractivity contribution >= 4 is 23.0 Å². The smallest absolute Gasteiger partial charge is 0.146 e. The number of hydrogen-bond donors (Lipinski definition) is 1. The highest BCUT2D eigenvalue weighted by atomic mass is 32.1. The van der Waals surface area contributed by atoms with E-state index < -0.39 is 0 Å². The van der Waals surface area contributed by atoms with E-state index in [1.54, 1.807) is 12.4 Å². The van der Waals surface area contributed by atoms with Crippen molar-refractivity contribution < 1.29 is 0 Å². The lowest BCUT2D eigenvalue weighted by molar-refractivity contribution is 0.774. The zero-order valence-corrected chi connectivity index (χ0v) is 9.50. The molecule has 0 aromatic carbocycles.